The lowest BCUT2D eigenvalue weighted by atomic mass is 9.91. The summed E-state index contributed by atoms with van der Waals surface area (Å²) in [5.74, 6) is -0.681. The van der Waals surface area contributed by atoms with Gasteiger partial charge in [-0.1, -0.05) is 60.7 Å². The molecule has 3 rings (SSSR count). The molecule has 6 heteroatoms. The van der Waals surface area contributed by atoms with Gasteiger partial charge in [-0.3, -0.25) is 4.79 Å². The Hall–Kier alpha value is -2.25. The summed E-state index contributed by atoms with van der Waals surface area (Å²) < 4.78 is 18.0. The summed E-state index contributed by atoms with van der Waals surface area (Å²) in [7, 11) is 1.59. The number of rotatable bonds is 8. The molecule has 2 N–H and O–H groups in total. The van der Waals surface area contributed by atoms with E-state index in [-0.39, 0.29) is 19.1 Å². The second kappa shape index (κ2) is 10.3. The number of aliphatic hydroxyl groups is 1. The van der Waals surface area contributed by atoms with Crippen LogP contribution in [0.25, 0.3) is 0 Å². The molecule has 1 fully saturated rings. The van der Waals surface area contributed by atoms with E-state index in [9.17, 15) is 9.90 Å². The third-order valence-corrected chi connectivity index (χ3v) is 4.91. The van der Waals surface area contributed by atoms with Gasteiger partial charge >= 0.3 is 0 Å². The van der Waals surface area contributed by atoms with Crippen LogP contribution >= 0.6 is 0 Å². The molecule has 1 heterocycles. The van der Waals surface area contributed by atoms with Crippen LogP contribution in [-0.4, -0.2) is 49.6 Å². The Morgan fingerprint density at radius 2 is 1.54 bits per heavy atom. The van der Waals surface area contributed by atoms with Crippen molar-refractivity contribution in [2.24, 2.45) is 5.92 Å². The standard InChI is InChI=1S/C22H27NO5/c1-23-22(25)18-15-26-19(12-24)21(28-14-17-10-6-3-7-11-17)20(18)27-13-16-8-4-2-5-9-16/h2-11,18-21,24H,12-15H2,1H3,(H,23,25)/t18?,19-,20-,21+/m1/s1. The first-order chi connectivity index (χ1) is 13.7. The van der Waals surface area contributed by atoms with E-state index in [2.05, 4.69) is 5.32 Å². The van der Waals surface area contributed by atoms with E-state index in [4.69, 9.17) is 14.2 Å². The molecule has 0 saturated carbocycles. The Labute approximate surface area is 165 Å². The molecule has 0 aliphatic carbocycles. The van der Waals surface area contributed by atoms with Crippen molar-refractivity contribution in [3.05, 3.63) is 71.8 Å². The molecule has 1 aliphatic rings. The van der Waals surface area contributed by atoms with Crippen molar-refractivity contribution < 1.29 is 24.1 Å². The van der Waals surface area contributed by atoms with Crippen LogP contribution in [0.15, 0.2) is 60.7 Å². The fraction of sp³-hybridized carbons (Fsp3) is 0.409. The third kappa shape index (κ3) is 5.17. The number of aliphatic hydroxyl groups excluding tert-OH is 1. The first-order valence-corrected chi connectivity index (χ1v) is 9.48. The first kappa shape index (κ1) is 20.5. The average molecular weight is 385 g/mol. The van der Waals surface area contributed by atoms with Crippen LogP contribution in [-0.2, 0) is 32.2 Å². The maximum absolute atomic E-state index is 12.4. The van der Waals surface area contributed by atoms with Gasteiger partial charge in [0.05, 0.1) is 32.3 Å². The second-order valence-electron chi connectivity index (χ2n) is 6.80. The van der Waals surface area contributed by atoms with Gasteiger partial charge in [-0.2, -0.15) is 0 Å². The third-order valence-electron chi connectivity index (χ3n) is 4.91. The number of benzene rings is 2. The van der Waals surface area contributed by atoms with E-state index in [0.29, 0.717) is 13.2 Å². The zero-order valence-electron chi connectivity index (χ0n) is 16.0. The van der Waals surface area contributed by atoms with E-state index < -0.39 is 24.2 Å². The highest BCUT2D eigenvalue weighted by atomic mass is 16.6. The average Bonchev–Trinajstić information content (AvgIpc) is 2.76. The molecule has 0 bridgehead atoms. The van der Waals surface area contributed by atoms with Crippen molar-refractivity contribution >= 4 is 5.91 Å². The first-order valence-electron chi connectivity index (χ1n) is 9.48. The lowest BCUT2D eigenvalue weighted by Gasteiger charge is -2.41. The summed E-state index contributed by atoms with van der Waals surface area (Å²) in [6.45, 7) is 0.667. The van der Waals surface area contributed by atoms with Gasteiger partial charge in [0.25, 0.3) is 0 Å². The molecular weight excluding hydrogens is 358 g/mol. The van der Waals surface area contributed by atoms with E-state index in [0.717, 1.165) is 11.1 Å². The van der Waals surface area contributed by atoms with Crippen molar-refractivity contribution in [1.29, 1.82) is 0 Å². The van der Waals surface area contributed by atoms with Gasteiger partial charge in [0.15, 0.2) is 0 Å². The summed E-state index contributed by atoms with van der Waals surface area (Å²) in [6, 6.07) is 19.5. The molecule has 1 unspecified atom stereocenters. The Bertz CT molecular complexity index is 724. The second-order valence-corrected chi connectivity index (χ2v) is 6.80. The number of carbonyl (C=O) groups excluding carboxylic acids is 1. The van der Waals surface area contributed by atoms with Gasteiger partial charge in [0.2, 0.25) is 5.91 Å². The fourth-order valence-corrected chi connectivity index (χ4v) is 3.37. The van der Waals surface area contributed by atoms with Crippen LogP contribution in [0, 0.1) is 5.92 Å². The number of ether oxygens (including phenoxy) is 3. The minimum Gasteiger partial charge on any atom is -0.394 e. The van der Waals surface area contributed by atoms with Crippen molar-refractivity contribution in [3.63, 3.8) is 0 Å². The number of nitrogens with one attached hydrogen (secondary N) is 1. The number of hydrogen-bond acceptors (Lipinski definition) is 5. The van der Waals surface area contributed by atoms with Gasteiger partial charge in [-0.15, -0.1) is 0 Å². The van der Waals surface area contributed by atoms with E-state index in [1.165, 1.54) is 0 Å². The quantitative estimate of drug-likeness (QED) is 0.726. The van der Waals surface area contributed by atoms with Gasteiger partial charge in [0.1, 0.15) is 18.3 Å². The van der Waals surface area contributed by atoms with Gasteiger partial charge in [-0.05, 0) is 11.1 Å². The zero-order chi connectivity index (χ0) is 19.8. The summed E-state index contributed by atoms with van der Waals surface area (Å²) >= 11 is 0. The number of hydrogen-bond donors (Lipinski definition) is 2. The topological polar surface area (TPSA) is 77.0 Å². The molecule has 6 nitrogen and oxygen atoms in total. The number of carbonyl (C=O) groups is 1. The minimum absolute atomic E-state index is 0.164. The van der Waals surface area contributed by atoms with Crippen molar-refractivity contribution in [2.45, 2.75) is 31.5 Å². The van der Waals surface area contributed by atoms with Crippen LogP contribution in [0.2, 0.25) is 0 Å². The molecule has 28 heavy (non-hydrogen) atoms. The summed E-state index contributed by atoms with van der Waals surface area (Å²) in [5.41, 5.74) is 2.01. The lowest BCUT2D eigenvalue weighted by molar-refractivity contribution is -0.215. The Morgan fingerprint density at radius 3 is 2.04 bits per heavy atom. The Kier molecular flexibility index (Phi) is 7.56. The van der Waals surface area contributed by atoms with E-state index in [1.54, 1.807) is 7.05 Å². The monoisotopic (exact) mass is 385 g/mol. The predicted octanol–water partition coefficient (Wildman–Crippen LogP) is 1.91. The summed E-state index contributed by atoms with van der Waals surface area (Å²) in [6.07, 6.45) is -1.65. The van der Waals surface area contributed by atoms with E-state index >= 15 is 0 Å². The van der Waals surface area contributed by atoms with Crippen molar-refractivity contribution in [3.8, 4) is 0 Å². The smallest absolute Gasteiger partial charge is 0.227 e. The molecule has 0 radical (unpaired) electrons. The molecule has 2 aromatic carbocycles. The predicted molar refractivity (Wildman–Crippen MR) is 104 cm³/mol. The molecule has 1 amide bonds. The molecule has 1 aliphatic heterocycles. The maximum atomic E-state index is 12.4. The zero-order valence-corrected chi connectivity index (χ0v) is 16.0. The minimum atomic E-state index is -0.565. The van der Waals surface area contributed by atoms with Crippen LogP contribution in [0.5, 0.6) is 0 Å². The highest BCUT2D eigenvalue weighted by Gasteiger charge is 2.44. The van der Waals surface area contributed by atoms with Crippen LogP contribution in [0.4, 0.5) is 0 Å². The summed E-state index contributed by atoms with van der Waals surface area (Å²) in [5, 5.41) is 12.5. The van der Waals surface area contributed by atoms with Crippen LogP contribution in [0.3, 0.4) is 0 Å². The Balaban J connectivity index is 1.77. The van der Waals surface area contributed by atoms with Gasteiger partial charge in [0, 0.05) is 7.05 Å². The highest BCUT2D eigenvalue weighted by Crippen LogP contribution is 2.28. The van der Waals surface area contributed by atoms with Gasteiger partial charge < -0.3 is 24.6 Å². The van der Waals surface area contributed by atoms with E-state index in [1.807, 2.05) is 60.7 Å². The highest BCUT2D eigenvalue weighted by molar-refractivity contribution is 5.79. The fourth-order valence-electron chi connectivity index (χ4n) is 3.37. The lowest BCUT2D eigenvalue weighted by Crippen LogP contribution is -2.57. The normalized spacial score (nSPS) is 24.6. The molecule has 4 atom stereocenters. The van der Waals surface area contributed by atoms with Crippen molar-refractivity contribution in [1.82, 2.24) is 5.32 Å². The molecule has 0 aromatic heterocycles. The van der Waals surface area contributed by atoms with Crippen LogP contribution < -0.4 is 5.32 Å². The number of amides is 1. The Morgan fingerprint density at radius 1 is 1.00 bits per heavy atom. The van der Waals surface area contributed by atoms with Crippen molar-refractivity contribution in [2.75, 3.05) is 20.3 Å². The summed E-state index contributed by atoms with van der Waals surface area (Å²) in [4.78, 5) is 12.4. The molecule has 0 spiro atoms. The van der Waals surface area contributed by atoms with Crippen LogP contribution in [0.1, 0.15) is 11.1 Å². The SMILES string of the molecule is CNC(=O)C1CO[C@H](CO)[C@H](OCc2ccccc2)[C@@H]1OCc1ccccc1. The molecule has 2 aromatic rings. The molecule has 1 saturated heterocycles. The van der Waals surface area contributed by atoms with Gasteiger partial charge in [-0.25, -0.2) is 0 Å². The molecule has 150 valence electrons. The molecular formula is C22H27NO5. The largest absolute Gasteiger partial charge is 0.394 e. The maximum Gasteiger partial charge on any atom is 0.227 e.